The third-order valence-corrected chi connectivity index (χ3v) is 5.73. The molecule has 0 radical (unpaired) electrons. The van der Waals surface area contributed by atoms with Gasteiger partial charge >= 0.3 is 0 Å². The first-order chi connectivity index (χ1) is 16.0. The molecule has 1 saturated heterocycles. The predicted octanol–water partition coefficient (Wildman–Crippen LogP) is 2.56. The number of hydrazone groups is 1. The molecule has 0 spiro atoms. The van der Waals surface area contributed by atoms with E-state index in [1.54, 1.807) is 32.4 Å². The molecule has 0 aliphatic carbocycles. The second-order valence-corrected chi connectivity index (χ2v) is 7.80. The van der Waals surface area contributed by atoms with Gasteiger partial charge in [-0.1, -0.05) is 18.2 Å². The third kappa shape index (κ3) is 4.74. The molecule has 2 atom stereocenters. The van der Waals surface area contributed by atoms with Crippen molar-refractivity contribution in [1.29, 1.82) is 0 Å². The lowest BCUT2D eigenvalue weighted by atomic mass is 10.00. The standard InChI is InChI=1S/C24H28N6O3/c1-15-23(16(2)30(29-15)18-8-6-5-7-9-18)20-13-21(27-26-20)24(31)28-25-14-17-12-19(32-3)10-11-22(17)33-4/h5-12,14,20-21,26-27H,13H2,1-4H3,(H,28,31)/b25-14+. The zero-order valence-corrected chi connectivity index (χ0v) is 19.1. The number of para-hydroxylation sites is 1. The molecule has 3 aromatic rings. The molecule has 1 aromatic heterocycles. The summed E-state index contributed by atoms with van der Waals surface area (Å²) >= 11 is 0. The fourth-order valence-corrected chi connectivity index (χ4v) is 4.08. The van der Waals surface area contributed by atoms with Gasteiger partial charge in [-0.15, -0.1) is 0 Å². The van der Waals surface area contributed by atoms with Crippen LogP contribution < -0.4 is 25.8 Å². The molecule has 1 aliphatic rings. The summed E-state index contributed by atoms with van der Waals surface area (Å²) < 4.78 is 12.5. The molecule has 1 fully saturated rings. The number of hydrogen-bond acceptors (Lipinski definition) is 7. The second kappa shape index (κ2) is 9.85. The van der Waals surface area contributed by atoms with Gasteiger partial charge in [-0.2, -0.15) is 10.2 Å². The van der Waals surface area contributed by atoms with Gasteiger partial charge in [0.05, 0.1) is 37.9 Å². The second-order valence-electron chi connectivity index (χ2n) is 7.80. The Labute approximate surface area is 192 Å². The van der Waals surface area contributed by atoms with Crippen LogP contribution in [0.4, 0.5) is 0 Å². The van der Waals surface area contributed by atoms with Crippen LogP contribution in [0, 0.1) is 13.8 Å². The Morgan fingerprint density at radius 3 is 2.67 bits per heavy atom. The third-order valence-electron chi connectivity index (χ3n) is 5.73. The lowest BCUT2D eigenvalue weighted by Gasteiger charge is -2.11. The van der Waals surface area contributed by atoms with E-state index >= 15 is 0 Å². The summed E-state index contributed by atoms with van der Waals surface area (Å²) in [6.45, 7) is 4.03. The van der Waals surface area contributed by atoms with Crippen LogP contribution >= 0.6 is 0 Å². The van der Waals surface area contributed by atoms with Crippen LogP contribution in [0.3, 0.4) is 0 Å². The van der Waals surface area contributed by atoms with Crippen molar-refractivity contribution in [2.45, 2.75) is 32.4 Å². The highest BCUT2D eigenvalue weighted by atomic mass is 16.5. The normalized spacial score (nSPS) is 17.9. The van der Waals surface area contributed by atoms with Crippen molar-refractivity contribution in [2.24, 2.45) is 5.10 Å². The average molecular weight is 449 g/mol. The van der Waals surface area contributed by atoms with Gasteiger partial charge in [-0.3, -0.25) is 4.79 Å². The van der Waals surface area contributed by atoms with Gasteiger partial charge in [0.25, 0.3) is 5.91 Å². The quantitative estimate of drug-likeness (QED) is 0.379. The monoisotopic (exact) mass is 448 g/mol. The number of nitrogens with one attached hydrogen (secondary N) is 3. The Morgan fingerprint density at radius 1 is 1.15 bits per heavy atom. The van der Waals surface area contributed by atoms with Gasteiger partial charge < -0.3 is 9.47 Å². The number of carbonyl (C=O) groups excluding carboxylic acids is 1. The fraction of sp³-hybridized carbons (Fsp3) is 0.292. The Kier molecular flexibility index (Phi) is 6.71. The van der Waals surface area contributed by atoms with Crippen LogP contribution in [0.25, 0.3) is 5.69 Å². The molecular weight excluding hydrogens is 420 g/mol. The highest BCUT2D eigenvalue weighted by molar-refractivity contribution is 5.87. The molecule has 9 heteroatoms. The summed E-state index contributed by atoms with van der Waals surface area (Å²) in [5, 5.41) is 8.81. The maximum atomic E-state index is 12.7. The van der Waals surface area contributed by atoms with Crippen LogP contribution in [0.5, 0.6) is 11.5 Å². The number of aromatic nitrogens is 2. The zero-order valence-electron chi connectivity index (χ0n) is 19.1. The molecule has 2 heterocycles. The van der Waals surface area contributed by atoms with E-state index in [9.17, 15) is 4.79 Å². The Balaban J connectivity index is 1.42. The molecule has 9 nitrogen and oxygen atoms in total. The maximum Gasteiger partial charge on any atom is 0.258 e. The van der Waals surface area contributed by atoms with Gasteiger partial charge in [-0.05, 0) is 50.6 Å². The SMILES string of the molecule is COc1ccc(OC)c(/C=N/NC(=O)C2CC(c3c(C)nn(-c4ccccc4)c3C)NN2)c1. The first-order valence-corrected chi connectivity index (χ1v) is 10.7. The summed E-state index contributed by atoms with van der Waals surface area (Å²) in [6.07, 6.45) is 2.11. The van der Waals surface area contributed by atoms with Crippen molar-refractivity contribution in [1.82, 2.24) is 26.1 Å². The summed E-state index contributed by atoms with van der Waals surface area (Å²) in [5.41, 5.74) is 13.7. The number of benzene rings is 2. The van der Waals surface area contributed by atoms with Gasteiger partial charge in [-0.25, -0.2) is 21.0 Å². The number of aryl methyl sites for hydroxylation is 1. The molecule has 3 N–H and O–H groups in total. The first-order valence-electron chi connectivity index (χ1n) is 10.7. The minimum atomic E-state index is -0.432. The van der Waals surface area contributed by atoms with Crippen molar-refractivity contribution in [3.8, 4) is 17.2 Å². The van der Waals surface area contributed by atoms with Crippen molar-refractivity contribution in [3.05, 3.63) is 71.0 Å². The minimum Gasteiger partial charge on any atom is -0.497 e. The van der Waals surface area contributed by atoms with Crippen molar-refractivity contribution in [3.63, 3.8) is 0 Å². The Bertz CT molecular complexity index is 1160. The number of hydrogen-bond donors (Lipinski definition) is 3. The lowest BCUT2D eigenvalue weighted by molar-refractivity contribution is -0.122. The zero-order chi connectivity index (χ0) is 23.4. The molecular formula is C24H28N6O3. The molecule has 1 amide bonds. The maximum absolute atomic E-state index is 12.7. The largest absolute Gasteiger partial charge is 0.497 e. The van der Waals surface area contributed by atoms with E-state index < -0.39 is 6.04 Å². The van der Waals surface area contributed by atoms with Crippen LogP contribution in [0.2, 0.25) is 0 Å². The Morgan fingerprint density at radius 2 is 1.94 bits per heavy atom. The molecule has 1 aliphatic heterocycles. The van der Waals surface area contributed by atoms with Crippen LogP contribution in [-0.2, 0) is 4.79 Å². The number of amides is 1. The number of methoxy groups -OCH3 is 2. The summed E-state index contributed by atoms with van der Waals surface area (Å²) in [6, 6.07) is 14.9. The van der Waals surface area contributed by atoms with Crippen molar-refractivity contribution < 1.29 is 14.3 Å². The molecule has 4 rings (SSSR count). The van der Waals surface area contributed by atoms with Crippen LogP contribution in [0.15, 0.2) is 53.6 Å². The van der Waals surface area contributed by atoms with E-state index in [1.165, 1.54) is 6.21 Å². The number of rotatable bonds is 7. The van der Waals surface area contributed by atoms with Gasteiger partial charge in [0.15, 0.2) is 0 Å². The fourth-order valence-electron chi connectivity index (χ4n) is 4.08. The molecule has 0 saturated carbocycles. The van der Waals surface area contributed by atoms with Crippen LogP contribution in [0.1, 0.15) is 35.0 Å². The van der Waals surface area contributed by atoms with E-state index in [0.29, 0.717) is 23.5 Å². The van der Waals surface area contributed by atoms with E-state index in [4.69, 9.17) is 14.6 Å². The number of nitrogens with zero attached hydrogens (tertiary/aromatic N) is 3. The van der Waals surface area contributed by atoms with Gasteiger partial charge in [0, 0.05) is 16.8 Å². The summed E-state index contributed by atoms with van der Waals surface area (Å²) in [4.78, 5) is 12.7. The van der Waals surface area contributed by atoms with Crippen molar-refractivity contribution in [2.75, 3.05) is 14.2 Å². The average Bonchev–Trinajstić information content (AvgIpc) is 3.43. The molecule has 2 unspecified atom stereocenters. The van der Waals surface area contributed by atoms with Crippen LogP contribution in [-0.4, -0.2) is 42.2 Å². The van der Waals surface area contributed by atoms with E-state index in [1.807, 2.05) is 48.9 Å². The number of carbonyl (C=O) groups is 1. The molecule has 2 aromatic carbocycles. The molecule has 0 bridgehead atoms. The van der Waals surface area contributed by atoms with E-state index in [0.717, 1.165) is 22.6 Å². The van der Waals surface area contributed by atoms with Gasteiger partial charge in [0.1, 0.15) is 17.5 Å². The number of hydrazine groups is 1. The molecule has 172 valence electrons. The number of ether oxygens (including phenoxy) is 2. The summed E-state index contributed by atoms with van der Waals surface area (Å²) in [7, 11) is 3.17. The summed E-state index contributed by atoms with van der Waals surface area (Å²) in [5.74, 6) is 1.08. The topological polar surface area (TPSA) is 102 Å². The first kappa shape index (κ1) is 22.5. The highest BCUT2D eigenvalue weighted by Gasteiger charge is 2.33. The van der Waals surface area contributed by atoms with Crippen molar-refractivity contribution >= 4 is 12.1 Å². The van der Waals surface area contributed by atoms with E-state index in [-0.39, 0.29) is 11.9 Å². The highest BCUT2D eigenvalue weighted by Crippen LogP contribution is 2.29. The predicted molar refractivity (Wildman–Crippen MR) is 126 cm³/mol. The minimum absolute atomic E-state index is 0.0410. The lowest BCUT2D eigenvalue weighted by Crippen LogP contribution is -2.41. The molecule has 33 heavy (non-hydrogen) atoms. The van der Waals surface area contributed by atoms with Gasteiger partial charge in [0.2, 0.25) is 0 Å². The Hall–Kier alpha value is -3.69. The smallest absolute Gasteiger partial charge is 0.258 e. The van der Waals surface area contributed by atoms with E-state index in [2.05, 4.69) is 21.4 Å².